The van der Waals surface area contributed by atoms with E-state index in [2.05, 4.69) is 20.8 Å². The molecule has 3 rings (SSSR count). The van der Waals surface area contributed by atoms with Crippen LogP contribution in [0.25, 0.3) is 0 Å². The Morgan fingerprint density at radius 2 is 2.10 bits per heavy atom. The topological polar surface area (TPSA) is 80.1 Å². The number of carbonyl (C=O) groups is 1. The SMILES string of the molecule is Cl.O=C(Cc1noc([C@H]2CCNC2)n1)NC1CCCCC1. The fourth-order valence-electron chi connectivity index (χ4n) is 3.04. The number of amides is 1. The first-order valence-corrected chi connectivity index (χ1v) is 7.64. The van der Waals surface area contributed by atoms with E-state index in [1.165, 1.54) is 19.3 Å². The van der Waals surface area contributed by atoms with Crippen molar-refractivity contribution in [3.05, 3.63) is 11.7 Å². The minimum absolute atomic E-state index is 0. The van der Waals surface area contributed by atoms with Crippen LogP contribution < -0.4 is 10.6 Å². The van der Waals surface area contributed by atoms with Gasteiger partial charge >= 0.3 is 0 Å². The van der Waals surface area contributed by atoms with E-state index < -0.39 is 0 Å². The summed E-state index contributed by atoms with van der Waals surface area (Å²) in [7, 11) is 0. The van der Waals surface area contributed by atoms with Gasteiger partial charge in [0.1, 0.15) is 0 Å². The van der Waals surface area contributed by atoms with Gasteiger partial charge in [-0.1, -0.05) is 24.4 Å². The zero-order chi connectivity index (χ0) is 13.8. The van der Waals surface area contributed by atoms with Gasteiger partial charge in [0.05, 0.1) is 12.3 Å². The van der Waals surface area contributed by atoms with Crippen LogP contribution >= 0.6 is 12.4 Å². The van der Waals surface area contributed by atoms with Crippen molar-refractivity contribution in [1.29, 1.82) is 0 Å². The molecule has 2 N–H and O–H groups in total. The van der Waals surface area contributed by atoms with E-state index in [-0.39, 0.29) is 24.7 Å². The molecule has 1 saturated carbocycles. The van der Waals surface area contributed by atoms with Crippen LogP contribution in [0.1, 0.15) is 56.2 Å². The Labute approximate surface area is 130 Å². The summed E-state index contributed by atoms with van der Waals surface area (Å²) in [4.78, 5) is 16.3. The second kappa shape index (κ2) is 7.75. The highest BCUT2D eigenvalue weighted by atomic mass is 35.5. The van der Waals surface area contributed by atoms with Crippen LogP contribution in [0.3, 0.4) is 0 Å². The molecule has 0 bridgehead atoms. The van der Waals surface area contributed by atoms with E-state index in [1.54, 1.807) is 0 Å². The maximum atomic E-state index is 12.0. The molecule has 1 amide bonds. The molecule has 0 unspecified atom stereocenters. The number of hydrogen-bond acceptors (Lipinski definition) is 5. The minimum Gasteiger partial charge on any atom is -0.353 e. The molecule has 1 atom stereocenters. The third kappa shape index (κ3) is 4.41. The van der Waals surface area contributed by atoms with E-state index in [4.69, 9.17) is 4.52 Å². The Balaban J connectivity index is 0.00000161. The van der Waals surface area contributed by atoms with Crippen molar-refractivity contribution in [3.63, 3.8) is 0 Å². The maximum absolute atomic E-state index is 12.0. The van der Waals surface area contributed by atoms with Crippen molar-refractivity contribution in [2.24, 2.45) is 0 Å². The fourth-order valence-corrected chi connectivity index (χ4v) is 3.04. The van der Waals surface area contributed by atoms with Crippen LogP contribution in [-0.4, -0.2) is 35.2 Å². The van der Waals surface area contributed by atoms with Gasteiger partial charge in [-0.05, 0) is 25.8 Å². The molecule has 0 aromatic carbocycles. The Bertz CT molecular complexity index is 454. The quantitative estimate of drug-likeness (QED) is 0.881. The average molecular weight is 315 g/mol. The van der Waals surface area contributed by atoms with Crippen molar-refractivity contribution >= 4 is 18.3 Å². The molecule has 1 aromatic rings. The number of rotatable bonds is 4. The highest BCUT2D eigenvalue weighted by molar-refractivity contribution is 5.85. The first kappa shape index (κ1) is 16.2. The lowest BCUT2D eigenvalue weighted by atomic mass is 9.95. The molecule has 1 aliphatic carbocycles. The lowest BCUT2D eigenvalue weighted by molar-refractivity contribution is -0.121. The van der Waals surface area contributed by atoms with Gasteiger partial charge in [-0.25, -0.2) is 0 Å². The lowest BCUT2D eigenvalue weighted by Gasteiger charge is -2.22. The fraction of sp³-hybridized carbons (Fsp3) is 0.786. The third-order valence-corrected chi connectivity index (χ3v) is 4.18. The average Bonchev–Trinajstić information content (AvgIpc) is 3.10. The highest BCUT2D eigenvalue weighted by Crippen LogP contribution is 2.20. The standard InChI is InChI=1S/C14H22N4O2.ClH/c19-13(16-11-4-2-1-3-5-11)8-12-17-14(20-18-12)10-6-7-15-9-10;/h10-11,15H,1-9H2,(H,16,19);1H/t10-;/m0./s1. The van der Waals surface area contributed by atoms with Gasteiger partial charge in [0.15, 0.2) is 5.82 Å². The van der Waals surface area contributed by atoms with E-state index >= 15 is 0 Å². The molecule has 2 fully saturated rings. The molecule has 1 aliphatic heterocycles. The zero-order valence-electron chi connectivity index (χ0n) is 12.1. The predicted molar refractivity (Wildman–Crippen MR) is 80.5 cm³/mol. The van der Waals surface area contributed by atoms with E-state index in [1.807, 2.05) is 0 Å². The van der Waals surface area contributed by atoms with E-state index in [0.717, 1.165) is 32.4 Å². The van der Waals surface area contributed by atoms with Gasteiger partial charge in [-0.15, -0.1) is 12.4 Å². The van der Waals surface area contributed by atoms with Gasteiger partial charge in [-0.3, -0.25) is 4.79 Å². The normalized spacial score (nSPS) is 22.8. The van der Waals surface area contributed by atoms with E-state index in [9.17, 15) is 4.79 Å². The van der Waals surface area contributed by atoms with Crippen LogP contribution in [0.5, 0.6) is 0 Å². The summed E-state index contributed by atoms with van der Waals surface area (Å²) in [6, 6.07) is 0.335. The monoisotopic (exact) mass is 314 g/mol. The van der Waals surface area contributed by atoms with Gasteiger partial charge in [0, 0.05) is 12.6 Å². The number of nitrogens with zero attached hydrogens (tertiary/aromatic N) is 2. The summed E-state index contributed by atoms with van der Waals surface area (Å²) in [5.41, 5.74) is 0. The molecule has 2 heterocycles. The van der Waals surface area contributed by atoms with Crippen molar-refractivity contribution in [2.75, 3.05) is 13.1 Å². The van der Waals surface area contributed by atoms with Crippen molar-refractivity contribution in [1.82, 2.24) is 20.8 Å². The second-order valence-electron chi connectivity index (χ2n) is 5.82. The first-order chi connectivity index (χ1) is 9.81. The van der Waals surface area contributed by atoms with Crippen molar-refractivity contribution < 1.29 is 9.32 Å². The van der Waals surface area contributed by atoms with E-state index in [0.29, 0.717) is 23.7 Å². The molecule has 7 heteroatoms. The zero-order valence-corrected chi connectivity index (χ0v) is 13.0. The number of halogens is 1. The van der Waals surface area contributed by atoms with Crippen LogP contribution in [0.15, 0.2) is 4.52 Å². The molecule has 2 aliphatic rings. The molecular formula is C14H23ClN4O2. The molecule has 0 radical (unpaired) electrons. The first-order valence-electron chi connectivity index (χ1n) is 7.64. The predicted octanol–water partition coefficient (Wildman–Crippen LogP) is 1.56. The van der Waals surface area contributed by atoms with Crippen molar-refractivity contribution in [2.45, 2.75) is 56.9 Å². The number of nitrogens with one attached hydrogen (secondary N) is 2. The Hall–Kier alpha value is -1.14. The molecular weight excluding hydrogens is 292 g/mol. The summed E-state index contributed by atoms with van der Waals surface area (Å²) >= 11 is 0. The van der Waals surface area contributed by atoms with Crippen LogP contribution in [0.4, 0.5) is 0 Å². The van der Waals surface area contributed by atoms with Gasteiger partial charge < -0.3 is 15.2 Å². The molecule has 1 aromatic heterocycles. The smallest absolute Gasteiger partial charge is 0.231 e. The third-order valence-electron chi connectivity index (χ3n) is 4.18. The minimum atomic E-state index is 0. The van der Waals surface area contributed by atoms with Gasteiger partial charge in [0.2, 0.25) is 11.8 Å². The summed E-state index contributed by atoms with van der Waals surface area (Å²) in [6.07, 6.45) is 7.15. The second-order valence-corrected chi connectivity index (χ2v) is 5.82. The molecule has 1 saturated heterocycles. The van der Waals surface area contributed by atoms with Crippen LogP contribution in [0.2, 0.25) is 0 Å². The Morgan fingerprint density at radius 1 is 1.29 bits per heavy atom. The van der Waals surface area contributed by atoms with Crippen LogP contribution in [0, 0.1) is 0 Å². The number of aromatic nitrogens is 2. The summed E-state index contributed by atoms with van der Waals surface area (Å²) < 4.78 is 5.26. The molecule has 118 valence electrons. The van der Waals surface area contributed by atoms with Gasteiger partial charge in [0.25, 0.3) is 0 Å². The largest absolute Gasteiger partial charge is 0.353 e. The Morgan fingerprint density at radius 3 is 2.81 bits per heavy atom. The molecule has 0 spiro atoms. The molecule has 6 nitrogen and oxygen atoms in total. The lowest BCUT2D eigenvalue weighted by Crippen LogP contribution is -2.37. The number of carbonyl (C=O) groups excluding carboxylic acids is 1. The van der Waals surface area contributed by atoms with Gasteiger partial charge in [-0.2, -0.15) is 4.98 Å². The maximum Gasteiger partial charge on any atom is 0.231 e. The highest BCUT2D eigenvalue weighted by Gasteiger charge is 2.23. The number of hydrogen-bond donors (Lipinski definition) is 2. The Kier molecular flexibility index (Phi) is 5.99. The summed E-state index contributed by atoms with van der Waals surface area (Å²) in [6.45, 7) is 1.88. The summed E-state index contributed by atoms with van der Waals surface area (Å²) in [5, 5.41) is 10.3. The summed E-state index contributed by atoms with van der Waals surface area (Å²) in [5.74, 6) is 1.47. The van der Waals surface area contributed by atoms with Crippen molar-refractivity contribution in [3.8, 4) is 0 Å². The molecule has 21 heavy (non-hydrogen) atoms. The van der Waals surface area contributed by atoms with Crippen LogP contribution in [-0.2, 0) is 11.2 Å².